The number of benzene rings is 2. The largest absolute Gasteiger partial charge is 0.441 e. The van der Waals surface area contributed by atoms with Crippen LogP contribution in [0.5, 0.6) is 0 Å². The molecule has 3 aromatic rings. The number of rotatable bonds is 5. The Kier molecular flexibility index (Phi) is 6.27. The monoisotopic (exact) mass is 486 g/mol. The van der Waals surface area contributed by atoms with E-state index in [4.69, 9.17) is 14.2 Å². The molecule has 2 fully saturated rings. The van der Waals surface area contributed by atoms with E-state index in [-0.39, 0.29) is 24.9 Å². The summed E-state index contributed by atoms with van der Waals surface area (Å²) in [5.74, 6) is 0.413. The van der Waals surface area contributed by atoms with E-state index < -0.39 is 36.1 Å². The van der Waals surface area contributed by atoms with Gasteiger partial charge in [0.25, 0.3) is 0 Å². The number of carbonyl (C=O) groups excluding carboxylic acids is 1. The lowest BCUT2D eigenvalue weighted by atomic mass is 10.1. The molecule has 2 aromatic carbocycles. The van der Waals surface area contributed by atoms with Crippen LogP contribution in [0.3, 0.4) is 0 Å². The first-order valence-electron chi connectivity index (χ1n) is 10.9. The highest BCUT2D eigenvalue weighted by atomic mass is 19.4. The first-order valence-corrected chi connectivity index (χ1v) is 10.9. The van der Waals surface area contributed by atoms with E-state index in [1.54, 1.807) is 6.20 Å². The summed E-state index contributed by atoms with van der Waals surface area (Å²) in [5, 5.41) is 5.55. The number of amides is 1. The van der Waals surface area contributed by atoms with Crippen molar-refractivity contribution in [1.29, 1.82) is 0 Å². The Bertz CT molecular complexity index is 1190. The smallest absolute Gasteiger partial charge is 0.416 e. The highest BCUT2D eigenvalue weighted by Crippen LogP contribution is 2.32. The number of anilines is 2. The van der Waals surface area contributed by atoms with E-state index >= 15 is 0 Å². The van der Waals surface area contributed by atoms with Crippen molar-refractivity contribution in [3.63, 3.8) is 0 Å². The lowest BCUT2D eigenvalue weighted by Gasteiger charge is -2.18. The number of ether oxygens (including phenoxy) is 3. The fraction of sp³-hybridized carbons (Fsp3) is 0.292. The summed E-state index contributed by atoms with van der Waals surface area (Å²) in [6.45, 7) is 0.373. The van der Waals surface area contributed by atoms with Gasteiger partial charge in [0.15, 0.2) is 6.10 Å². The summed E-state index contributed by atoms with van der Waals surface area (Å²) in [4.78, 5) is 21.1. The van der Waals surface area contributed by atoms with Gasteiger partial charge in [0, 0.05) is 17.4 Å². The molecule has 0 saturated carbocycles. The molecule has 8 nitrogen and oxygen atoms in total. The second kappa shape index (κ2) is 9.51. The van der Waals surface area contributed by atoms with Crippen LogP contribution in [-0.2, 0) is 20.4 Å². The second-order valence-corrected chi connectivity index (χ2v) is 8.13. The van der Waals surface area contributed by atoms with Gasteiger partial charge in [0.05, 0.1) is 30.5 Å². The van der Waals surface area contributed by atoms with Gasteiger partial charge >= 0.3 is 12.3 Å². The van der Waals surface area contributed by atoms with Gasteiger partial charge in [0.2, 0.25) is 5.95 Å². The van der Waals surface area contributed by atoms with Gasteiger partial charge in [-0.15, -0.1) is 0 Å². The molecule has 11 heteroatoms. The van der Waals surface area contributed by atoms with E-state index in [0.717, 1.165) is 23.4 Å². The van der Waals surface area contributed by atoms with Gasteiger partial charge in [-0.25, -0.2) is 14.8 Å². The number of hydrogen-bond donors (Lipinski definition) is 2. The Morgan fingerprint density at radius 2 is 1.80 bits per heavy atom. The third kappa shape index (κ3) is 5.20. The highest BCUT2D eigenvalue weighted by Gasteiger charge is 2.49. The zero-order chi connectivity index (χ0) is 24.4. The number of alkyl halides is 3. The van der Waals surface area contributed by atoms with Crippen LogP contribution < -0.4 is 10.6 Å². The first kappa shape index (κ1) is 23.1. The molecule has 0 spiro atoms. The number of fused-ring (bicyclic) bond motifs is 1. The van der Waals surface area contributed by atoms with Crippen LogP contribution >= 0.6 is 0 Å². The molecule has 2 aliphatic rings. The first-order chi connectivity index (χ1) is 16.9. The van der Waals surface area contributed by atoms with Crippen LogP contribution in [0.4, 0.5) is 29.6 Å². The van der Waals surface area contributed by atoms with Gasteiger partial charge in [-0.2, -0.15) is 13.2 Å². The topological polar surface area (TPSA) is 94.6 Å². The van der Waals surface area contributed by atoms with Crippen molar-refractivity contribution < 1.29 is 32.2 Å². The van der Waals surface area contributed by atoms with Gasteiger partial charge < -0.3 is 19.5 Å². The predicted octanol–water partition coefficient (Wildman–Crippen LogP) is 4.36. The highest BCUT2D eigenvalue weighted by molar-refractivity contribution is 5.84. The van der Waals surface area contributed by atoms with Crippen molar-refractivity contribution >= 4 is 17.7 Å². The molecule has 35 heavy (non-hydrogen) atoms. The maximum absolute atomic E-state index is 12.9. The molecule has 0 aliphatic carbocycles. The minimum absolute atomic E-state index is 0.0254. The molecule has 1 amide bonds. The summed E-state index contributed by atoms with van der Waals surface area (Å²) in [7, 11) is 0. The maximum Gasteiger partial charge on any atom is 0.416 e. The van der Waals surface area contributed by atoms with Crippen LogP contribution in [0.15, 0.2) is 66.9 Å². The van der Waals surface area contributed by atoms with E-state index in [0.29, 0.717) is 5.95 Å². The van der Waals surface area contributed by atoms with Gasteiger partial charge in [-0.3, -0.25) is 5.32 Å². The average Bonchev–Trinajstić information content (AvgIpc) is 3.43. The molecule has 4 atom stereocenters. The third-order valence-corrected chi connectivity index (χ3v) is 5.74. The number of hydrogen-bond acceptors (Lipinski definition) is 7. The Morgan fingerprint density at radius 3 is 2.60 bits per heavy atom. The zero-order valence-corrected chi connectivity index (χ0v) is 18.2. The summed E-state index contributed by atoms with van der Waals surface area (Å²) >= 11 is 0. The molecule has 2 saturated heterocycles. The lowest BCUT2D eigenvalue weighted by molar-refractivity contribution is -0.137. The fourth-order valence-electron chi connectivity index (χ4n) is 4.11. The summed E-state index contributed by atoms with van der Waals surface area (Å²) in [5.41, 5.74) is 0.822. The normalized spacial score (nSPS) is 23.5. The molecule has 1 aromatic heterocycles. The summed E-state index contributed by atoms with van der Waals surface area (Å²) in [6.07, 6.45) is -5.41. The van der Waals surface area contributed by atoms with Crippen LogP contribution in [0.2, 0.25) is 0 Å². The second-order valence-electron chi connectivity index (χ2n) is 8.13. The standard InChI is InChI=1S/C24H21F3N4O4/c25-24(26,27)15-7-4-8-16(11-15)29-23(32)35-19-13-34-20-18(12-33-21(19)20)31-22-28-10-9-17(30-22)14-5-2-1-3-6-14/h1-11,18-21H,12-13H2,(H,29,32)(H,28,30,31). The van der Waals surface area contributed by atoms with E-state index in [2.05, 4.69) is 20.6 Å². The molecule has 2 aliphatic heterocycles. The van der Waals surface area contributed by atoms with Crippen LogP contribution in [0, 0.1) is 0 Å². The number of halogens is 3. The average molecular weight is 486 g/mol. The van der Waals surface area contributed by atoms with Crippen LogP contribution in [0.1, 0.15) is 5.56 Å². The van der Waals surface area contributed by atoms with Crippen molar-refractivity contribution in [3.8, 4) is 11.3 Å². The van der Waals surface area contributed by atoms with Crippen molar-refractivity contribution in [1.82, 2.24) is 9.97 Å². The molecular weight excluding hydrogens is 465 g/mol. The molecule has 2 N–H and O–H groups in total. The van der Waals surface area contributed by atoms with E-state index in [1.807, 2.05) is 36.4 Å². The minimum Gasteiger partial charge on any atom is -0.441 e. The Balaban J connectivity index is 1.19. The molecule has 0 radical (unpaired) electrons. The zero-order valence-electron chi connectivity index (χ0n) is 18.2. The van der Waals surface area contributed by atoms with Crippen molar-refractivity contribution in [2.45, 2.75) is 30.5 Å². The van der Waals surface area contributed by atoms with E-state index in [9.17, 15) is 18.0 Å². The van der Waals surface area contributed by atoms with Gasteiger partial charge in [-0.1, -0.05) is 36.4 Å². The van der Waals surface area contributed by atoms with Gasteiger partial charge in [0.1, 0.15) is 12.2 Å². The molecule has 182 valence electrons. The summed E-state index contributed by atoms with van der Waals surface area (Å²) < 4.78 is 55.7. The van der Waals surface area contributed by atoms with Crippen LogP contribution in [0.25, 0.3) is 11.3 Å². The number of carbonyl (C=O) groups is 1. The van der Waals surface area contributed by atoms with Gasteiger partial charge in [-0.05, 0) is 24.3 Å². The molecule has 4 unspecified atom stereocenters. The van der Waals surface area contributed by atoms with Crippen molar-refractivity contribution in [2.75, 3.05) is 23.8 Å². The Morgan fingerprint density at radius 1 is 1.00 bits per heavy atom. The SMILES string of the molecule is O=C(Nc1cccc(C(F)(F)F)c1)OC1COC2C(Nc3nccc(-c4ccccc4)n3)COC12. The Labute approximate surface area is 198 Å². The van der Waals surface area contributed by atoms with Crippen molar-refractivity contribution in [2.24, 2.45) is 0 Å². The van der Waals surface area contributed by atoms with Crippen molar-refractivity contribution in [3.05, 3.63) is 72.4 Å². The quantitative estimate of drug-likeness (QED) is 0.554. The number of nitrogens with zero attached hydrogens (tertiary/aromatic N) is 2. The number of nitrogens with one attached hydrogen (secondary N) is 2. The molecule has 3 heterocycles. The fourth-order valence-corrected chi connectivity index (χ4v) is 4.11. The molecular formula is C24H21F3N4O4. The summed E-state index contributed by atoms with van der Waals surface area (Å²) in [6, 6.07) is 15.5. The minimum atomic E-state index is -4.52. The number of aromatic nitrogens is 2. The third-order valence-electron chi connectivity index (χ3n) is 5.74. The van der Waals surface area contributed by atoms with E-state index in [1.165, 1.54) is 12.1 Å². The molecule has 5 rings (SSSR count). The maximum atomic E-state index is 12.9. The lowest BCUT2D eigenvalue weighted by Crippen LogP contribution is -2.38. The Hall–Kier alpha value is -3.70. The predicted molar refractivity (Wildman–Crippen MR) is 120 cm³/mol. The molecule has 0 bridgehead atoms. The van der Waals surface area contributed by atoms with Crippen LogP contribution in [-0.4, -0.2) is 53.6 Å².